The van der Waals surface area contributed by atoms with Crippen LogP contribution in [0.1, 0.15) is 46.0 Å². The van der Waals surface area contributed by atoms with Crippen LogP contribution in [0.2, 0.25) is 0 Å². The fraction of sp³-hybridized carbons (Fsp3) is 1.00. The van der Waals surface area contributed by atoms with Gasteiger partial charge in [0.15, 0.2) is 0 Å². The molecule has 0 radical (unpaired) electrons. The van der Waals surface area contributed by atoms with Crippen molar-refractivity contribution in [3.05, 3.63) is 0 Å². The van der Waals surface area contributed by atoms with Gasteiger partial charge < -0.3 is 10.4 Å². The quantitative estimate of drug-likeness (QED) is 0.648. The first kappa shape index (κ1) is 14.9. The molecule has 1 saturated carbocycles. The Morgan fingerprint density at radius 1 is 1.41 bits per heavy atom. The Morgan fingerprint density at radius 3 is 2.53 bits per heavy atom. The average molecular weight is 242 g/mol. The predicted molar refractivity (Wildman–Crippen MR) is 73.2 cm³/mol. The van der Waals surface area contributed by atoms with Crippen LogP contribution < -0.4 is 5.32 Å². The molecule has 3 heteroatoms. The zero-order valence-corrected chi connectivity index (χ0v) is 11.8. The maximum absolute atomic E-state index is 9.20. The molecule has 0 spiro atoms. The summed E-state index contributed by atoms with van der Waals surface area (Å²) in [6.45, 7) is 7.94. The smallest absolute Gasteiger partial charge is 0.0558 e. The summed E-state index contributed by atoms with van der Waals surface area (Å²) in [6, 6.07) is 0.732. The molecule has 0 saturated heterocycles. The number of rotatable bonds is 9. The van der Waals surface area contributed by atoms with Crippen LogP contribution in [0, 0.1) is 5.41 Å². The van der Waals surface area contributed by atoms with Crippen molar-refractivity contribution < 1.29 is 5.11 Å². The van der Waals surface area contributed by atoms with Gasteiger partial charge in [-0.3, -0.25) is 4.90 Å². The Hall–Kier alpha value is -0.120. The zero-order chi connectivity index (χ0) is 12.7. The van der Waals surface area contributed by atoms with E-state index < -0.39 is 0 Å². The van der Waals surface area contributed by atoms with Crippen molar-refractivity contribution in [2.24, 2.45) is 5.41 Å². The van der Waals surface area contributed by atoms with Gasteiger partial charge in [0.2, 0.25) is 0 Å². The molecule has 1 aliphatic carbocycles. The van der Waals surface area contributed by atoms with Crippen molar-refractivity contribution in [2.75, 3.05) is 33.3 Å². The van der Waals surface area contributed by atoms with Crippen molar-refractivity contribution in [3.8, 4) is 0 Å². The highest BCUT2D eigenvalue weighted by atomic mass is 16.3. The van der Waals surface area contributed by atoms with Crippen molar-refractivity contribution in [2.45, 2.75) is 52.0 Å². The summed E-state index contributed by atoms with van der Waals surface area (Å²) >= 11 is 0. The van der Waals surface area contributed by atoms with Crippen LogP contribution in [0.15, 0.2) is 0 Å². The zero-order valence-electron chi connectivity index (χ0n) is 11.8. The third kappa shape index (κ3) is 4.57. The molecule has 1 fully saturated rings. The Kier molecular flexibility index (Phi) is 6.45. The molecule has 1 aliphatic rings. The lowest BCUT2D eigenvalue weighted by atomic mass is 9.82. The van der Waals surface area contributed by atoms with E-state index in [2.05, 4.69) is 24.1 Å². The van der Waals surface area contributed by atoms with Gasteiger partial charge in [0, 0.05) is 25.7 Å². The van der Waals surface area contributed by atoms with Gasteiger partial charge in [-0.15, -0.1) is 0 Å². The first-order valence-electron chi connectivity index (χ1n) is 7.14. The van der Waals surface area contributed by atoms with E-state index in [9.17, 15) is 5.11 Å². The van der Waals surface area contributed by atoms with E-state index in [1.165, 1.54) is 32.1 Å². The monoisotopic (exact) mass is 242 g/mol. The van der Waals surface area contributed by atoms with Crippen LogP contribution in [-0.4, -0.2) is 49.3 Å². The van der Waals surface area contributed by atoms with Crippen molar-refractivity contribution in [1.82, 2.24) is 10.2 Å². The Balaban J connectivity index is 2.53. The van der Waals surface area contributed by atoms with E-state index in [-0.39, 0.29) is 6.61 Å². The fourth-order valence-electron chi connectivity index (χ4n) is 3.02. The molecule has 3 nitrogen and oxygen atoms in total. The van der Waals surface area contributed by atoms with Gasteiger partial charge in [-0.25, -0.2) is 0 Å². The molecule has 1 unspecified atom stereocenters. The van der Waals surface area contributed by atoms with Crippen molar-refractivity contribution in [3.63, 3.8) is 0 Å². The highest BCUT2D eigenvalue weighted by Gasteiger charge is 2.31. The molecule has 0 aromatic heterocycles. The summed E-state index contributed by atoms with van der Waals surface area (Å²) in [5.74, 6) is 0. The Bertz CT molecular complexity index is 198. The molecule has 0 aliphatic heterocycles. The number of hydrogen-bond acceptors (Lipinski definition) is 3. The fourth-order valence-corrected chi connectivity index (χ4v) is 3.02. The van der Waals surface area contributed by atoms with Crippen molar-refractivity contribution in [1.29, 1.82) is 0 Å². The van der Waals surface area contributed by atoms with Gasteiger partial charge in [0.05, 0.1) is 6.61 Å². The molecule has 17 heavy (non-hydrogen) atoms. The molecule has 1 atom stereocenters. The predicted octanol–water partition coefficient (Wildman–Crippen LogP) is 1.86. The van der Waals surface area contributed by atoms with Gasteiger partial charge in [-0.05, 0) is 31.7 Å². The van der Waals surface area contributed by atoms with E-state index in [0.29, 0.717) is 5.41 Å². The van der Waals surface area contributed by atoms with Gasteiger partial charge in [0.1, 0.15) is 0 Å². The molecule has 0 heterocycles. The molecule has 102 valence electrons. The second kappa shape index (κ2) is 7.34. The largest absolute Gasteiger partial charge is 0.395 e. The lowest BCUT2D eigenvalue weighted by Crippen LogP contribution is -2.49. The third-order valence-electron chi connectivity index (χ3n) is 4.02. The summed E-state index contributed by atoms with van der Waals surface area (Å²) in [5.41, 5.74) is 0.342. The third-order valence-corrected chi connectivity index (χ3v) is 4.02. The Morgan fingerprint density at radius 2 is 2.12 bits per heavy atom. The number of hydrogen-bond donors (Lipinski definition) is 2. The van der Waals surface area contributed by atoms with Crippen molar-refractivity contribution >= 4 is 0 Å². The molecular formula is C14H30N2O. The van der Waals surface area contributed by atoms with Crippen LogP contribution in [0.4, 0.5) is 0 Å². The molecule has 0 aromatic rings. The number of aliphatic hydroxyl groups is 1. The average Bonchev–Trinajstić information content (AvgIpc) is 2.15. The minimum absolute atomic E-state index is 0.290. The number of aliphatic hydroxyl groups excluding tert-OH is 1. The summed E-state index contributed by atoms with van der Waals surface area (Å²) in [5, 5.41) is 12.5. The summed E-state index contributed by atoms with van der Waals surface area (Å²) in [7, 11) is 2.04. The normalized spacial score (nSPS) is 20.3. The van der Waals surface area contributed by atoms with E-state index >= 15 is 0 Å². The van der Waals surface area contributed by atoms with Crippen LogP contribution in [-0.2, 0) is 0 Å². The Labute approximate surface area is 107 Å². The standard InChI is InChI=1S/C14H30N2O/c1-4-8-14(2,11-15-3)12-16(9-10-17)13-6-5-7-13/h13,15,17H,4-12H2,1-3H3. The lowest BCUT2D eigenvalue weighted by molar-refractivity contribution is 0.0554. The number of nitrogens with one attached hydrogen (secondary N) is 1. The molecule has 1 rings (SSSR count). The van der Waals surface area contributed by atoms with Crippen LogP contribution in [0.3, 0.4) is 0 Å². The van der Waals surface area contributed by atoms with Gasteiger partial charge in [0.25, 0.3) is 0 Å². The van der Waals surface area contributed by atoms with E-state index in [1.807, 2.05) is 7.05 Å². The summed E-state index contributed by atoms with van der Waals surface area (Å²) < 4.78 is 0. The minimum atomic E-state index is 0.290. The second-order valence-corrected chi connectivity index (χ2v) is 5.87. The van der Waals surface area contributed by atoms with Gasteiger partial charge in [-0.1, -0.05) is 26.7 Å². The van der Waals surface area contributed by atoms with Crippen LogP contribution in [0.25, 0.3) is 0 Å². The molecule has 0 aromatic carbocycles. The maximum atomic E-state index is 9.20. The maximum Gasteiger partial charge on any atom is 0.0558 e. The topological polar surface area (TPSA) is 35.5 Å². The van der Waals surface area contributed by atoms with E-state index in [0.717, 1.165) is 25.7 Å². The summed E-state index contributed by atoms with van der Waals surface area (Å²) in [4.78, 5) is 2.51. The lowest BCUT2D eigenvalue weighted by Gasteiger charge is -2.43. The SMILES string of the molecule is CCCC(C)(CNC)CN(CCO)C1CCC1. The van der Waals surface area contributed by atoms with Gasteiger partial charge >= 0.3 is 0 Å². The first-order chi connectivity index (χ1) is 8.15. The first-order valence-corrected chi connectivity index (χ1v) is 7.14. The highest BCUT2D eigenvalue weighted by molar-refractivity contribution is 4.86. The van der Waals surface area contributed by atoms with Crippen LogP contribution >= 0.6 is 0 Å². The minimum Gasteiger partial charge on any atom is -0.395 e. The molecule has 2 N–H and O–H groups in total. The molecule has 0 bridgehead atoms. The van der Waals surface area contributed by atoms with E-state index in [4.69, 9.17) is 0 Å². The van der Waals surface area contributed by atoms with Crippen LogP contribution in [0.5, 0.6) is 0 Å². The molecular weight excluding hydrogens is 212 g/mol. The number of nitrogens with zero attached hydrogens (tertiary/aromatic N) is 1. The summed E-state index contributed by atoms with van der Waals surface area (Å²) in [6.07, 6.45) is 6.49. The second-order valence-electron chi connectivity index (χ2n) is 5.87. The van der Waals surface area contributed by atoms with Gasteiger partial charge in [-0.2, -0.15) is 0 Å². The van der Waals surface area contributed by atoms with E-state index in [1.54, 1.807) is 0 Å². The molecule has 0 amide bonds. The highest BCUT2D eigenvalue weighted by Crippen LogP contribution is 2.30.